The minimum atomic E-state index is -0.00674. The molecule has 6 nitrogen and oxygen atoms in total. The Morgan fingerprint density at radius 1 is 1.53 bits per heavy atom. The zero-order chi connectivity index (χ0) is 12.8. The van der Waals surface area contributed by atoms with Gasteiger partial charge in [-0.1, -0.05) is 12.2 Å². The summed E-state index contributed by atoms with van der Waals surface area (Å²) in [5.74, 6) is 0.510. The highest BCUT2D eigenvalue weighted by Gasteiger charge is 2.06. The van der Waals surface area contributed by atoms with Crippen molar-refractivity contribution in [3.63, 3.8) is 0 Å². The van der Waals surface area contributed by atoms with Crippen LogP contribution in [-0.2, 0) is 4.79 Å². The molecular formula is C10H15N5OS. The molecule has 1 amide bonds. The fraction of sp³-hybridized carbons (Fsp3) is 0.400. The van der Waals surface area contributed by atoms with Gasteiger partial charge in [0, 0.05) is 13.6 Å². The van der Waals surface area contributed by atoms with E-state index in [1.54, 1.807) is 11.9 Å². The number of likely N-dealkylation sites (N-methyl/N-ethyl adjacent to an activating group) is 1. The van der Waals surface area contributed by atoms with Crippen molar-refractivity contribution >= 4 is 28.9 Å². The summed E-state index contributed by atoms with van der Waals surface area (Å²) in [5, 5.41) is 2.88. The second kappa shape index (κ2) is 6.09. The molecule has 0 spiro atoms. The summed E-state index contributed by atoms with van der Waals surface area (Å²) in [7, 11) is 1.74. The lowest BCUT2D eigenvalue weighted by atomic mass is 10.4. The van der Waals surface area contributed by atoms with E-state index in [-0.39, 0.29) is 17.4 Å². The highest BCUT2D eigenvalue weighted by Crippen LogP contribution is 2.00. The van der Waals surface area contributed by atoms with Crippen LogP contribution in [0, 0.1) is 0 Å². The van der Waals surface area contributed by atoms with Gasteiger partial charge in [0.1, 0.15) is 16.5 Å². The fourth-order valence-electron chi connectivity index (χ4n) is 1.02. The summed E-state index contributed by atoms with van der Waals surface area (Å²) < 4.78 is 0. The van der Waals surface area contributed by atoms with Crippen molar-refractivity contribution in [1.82, 2.24) is 14.9 Å². The first-order chi connectivity index (χ1) is 8.04. The van der Waals surface area contributed by atoms with Gasteiger partial charge < -0.3 is 16.0 Å². The minimum absolute atomic E-state index is 0.00674. The molecule has 1 aromatic heterocycles. The van der Waals surface area contributed by atoms with Gasteiger partial charge in [0.05, 0.1) is 18.9 Å². The van der Waals surface area contributed by atoms with Gasteiger partial charge in [0.25, 0.3) is 0 Å². The number of amides is 1. The van der Waals surface area contributed by atoms with Crippen LogP contribution in [0.1, 0.15) is 12.6 Å². The first kappa shape index (κ1) is 13.3. The molecule has 0 aliphatic heterocycles. The summed E-state index contributed by atoms with van der Waals surface area (Å²) >= 11 is 4.76. The number of carbonyl (C=O) groups excluding carboxylic acids is 1. The number of carbonyl (C=O) groups is 1. The molecule has 92 valence electrons. The van der Waals surface area contributed by atoms with Crippen LogP contribution in [0.3, 0.4) is 0 Å². The number of aromatic nitrogens is 2. The molecule has 0 unspecified atom stereocenters. The van der Waals surface area contributed by atoms with Gasteiger partial charge in [-0.25, -0.2) is 9.97 Å². The third-order valence-electron chi connectivity index (χ3n) is 2.23. The topological polar surface area (TPSA) is 84.1 Å². The Labute approximate surface area is 105 Å². The molecule has 3 N–H and O–H groups in total. The van der Waals surface area contributed by atoms with Crippen molar-refractivity contribution in [2.24, 2.45) is 5.73 Å². The summed E-state index contributed by atoms with van der Waals surface area (Å²) in [6.45, 7) is 2.77. The van der Waals surface area contributed by atoms with Crippen LogP contribution in [0.4, 0.5) is 5.82 Å². The van der Waals surface area contributed by atoms with E-state index in [0.29, 0.717) is 18.1 Å². The maximum Gasteiger partial charge on any atom is 0.241 e. The number of nitrogens with two attached hydrogens (primary N) is 1. The Balaban J connectivity index is 2.53. The lowest BCUT2D eigenvalue weighted by Crippen LogP contribution is -2.32. The maximum atomic E-state index is 11.5. The molecule has 17 heavy (non-hydrogen) atoms. The van der Waals surface area contributed by atoms with Crippen molar-refractivity contribution in [3.05, 3.63) is 18.1 Å². The lowest BCUT2D eigenvalue weighted by Gasteiger charge is -2.14. The molecule has 7 heteroatoms. The SMILES string of the molecule is CCN(C)C(=O)CNc1cnc(C(N)=S)cn1. The van der Waals surface area contributed by atoms with E-state index < -0.39 is 0 Å². The zero-order valence-electron chi connectivity index (χ0n) is 9.80. The molecule has 0 saturated heterocycles. The first-order valence-electron chi connectivity index (χ1n) is 5.14. The Hall–Kier alpha value is -1.76. The third-order valence-corrected chi connectivity index (χ3v) is 2.43. The van der Waals surface area contributed by atoms with Gasteiger partial charge in [-0.2, -0.15) is 0 Å². The average molecular weight is 253 g/mol. The predicted octanol–water partition coefficient (Wildman–Crippen LogP) is 0.00100. The molecule has 0 aromatic carbocycles. The Morgan fingerprint density at radius 3 is 2.71 bits per heavy atom. The standard InChI is InChI=1S/C10H15N5OS/c1-3-15(2)9(16)6-14-8-5-12-7(4-13-8)10(11)17/h4-5H,3,6H2,1-2H3,(H2,11,17)(H,13,14). The highest BCUT2D eigenvalue weighted by atomic mass is 32.1. The molecule has 0 aliphatic carbocycles. The Morgan fingerprint density at radius 2 is 2.24 bits per heavy atom. The summed E-state index contributed by atoms with van der Waals surface area (Å²) in [6.07, 6.45) is 2.96. The molecule has 1 aromatic rings. The lowest BCUT2D eigenvalue weighted by molar-refractivity contribution is -0.127. The number of nitrogens with one attached hydrogen (secondary N) is 1. The minimum Gasteiger partial charge on any atom is -0.388 e. The summed E-state index contributed by atoms with van der Waals surface area (Å²) in [6, 6.07) is 0. The van der Waals surface area contributed by atoms with E-state index in [9.17, 15) is 4.79 Å². The van der Waals surface area contributed by atoms with E-state index in [2.05, 4.69) is 15.3 Å². The van der Waals surface area contributed by atoms with E-state index in [4.69, 9.17) is 18.0 Å². The largest absolute Gasteiger partial charge is 0.388 e. The summed E-state index contributed by atoms with van der Waals surface area (Å²) in [5.41, 5.74) is 5.85. The van der Waals surface area contributed by atoms with Crippen LogP contribution < -0.4 is 11.1 Å². The molecule has 0 atom stereocenters. The quantitative estimate of drug-likeness (QED) is 0.719. The average Bonchev–Trinajstić information content (AvgIpc) is 2.35. The number of hydrogen-bond acceptors (Lipinski definition) is 5. The fourth-order valence-corrected chi connectivity index (χ4v) is 1.13. The number of hydrogen-bond donors (Lipinski definition) is 2. The number of thiocarbonyl (C=S) groups is 1. The Kier molecular flexibility index (Phi) is 4.77. The van der Waals surface area contributed by atoms with Crippen LogP contribution in [0.15, 0.2) is 12.4 Å². The van der Waals surface area contributed by atoms with Crippen LogP contribution in [0.2, 0.25) is 0 Å². The summed E-state index contributed by atoms with van der Waals surface area (Å²) in [4.78, 5) is 21.4. The Bertz CT molecular complexity index is 406. The number of nitrogens with zero attached hydrogens (tertiary/aromatic N) is 3. The van der Waals surface area contributed by atoms with Crippen LogP contribution in [-0.4, -0.2) is 45.9 Å². The van der Waals surface area contributed by atoms with Crippen LogP contribution >= 0.6 is 12.2 Å². The predicted molar refractivity (Wildman–Crippen MR) is 69.7 cm³/mol. The molecule has 0 radical (unpaired) electrons. The van der Waals surface area contributed by atoms with Crippen molar-refractivity contribution in [3.8, 4) is 0 Å². The first-order valence-corrected chi connectivity index (χ1v) is 5.55. The van der Waals surface area contributed by atoms with Gasteiger partial charge in [-0.3, -0.25) is 4.79 Å². The van der Waals surface area contributed by atoms with Crippen molar-refractivity contribution in [2.45, 2.75) is 6.92 Å². The second-order valence-electron chi connectivity index (χ2n) is 3.41. The molecule has 0 saturated carbocycles. The normalized spacial score (nSPS) is 9.76. The number of anilines is 1. The van der Waals surface area contributed by atoms with Gasteiger partial charge in [-0.05, 0) is 6.92 Å². The number of rotatable bonds is 5. The van der Waals surface area contributed by atoms with Gasteiger partial charge in [0.2, 0.25) is 5.91 Å². The van der Waals surface area contributed by atoms with Crippen molar-refractivity contribution in [2.75, 3.05) is 25.5 Å². The van der Waals surface area contributed by atoms with Crippen molar-refractivity contribution in [1.29, 1.82) is 0 Å². The van der Waals surface area contributed by atoms with Crippen LogP contribution in [0.25, 0.3) is 0 Å². The smallest absolute Gasteiger partial charge is 0.241 e. The maximum absolute atomic E-state index is 11.5. The molecular weight excluding hydrogens is 238 g/mol. The van der Waals surface area contributed by atoms with Gasteiger partial charge >= 0.3 is 0 Å². The van der Waals surface area contributed by atoms with Crippen molar-refractivity contribution < 1.29 is 4.79 Å². The molecule has 1 heterocycles. The van der Waals surface area contributed by atoms with E-state index in [0.717, 1.165) is 0 Å². The van der Waals surface area contributed by atoms with E-state index in [1.807, 2.05) is 6.92 Å². The molecule has 0 fully saturated rings. The molecule has 1 rings (SSSR count). The third kappa shape index (κ3) is 3.95. The molecule has 0 bridgehead atoms. The second-order valence-corrected chi connectivity index (χ2v) is 3.85. The zero-order valence-corrected chi connectivity index (χ0v) is 10.6. The van der Waals surface area contributed by atoms with Crippen LogP contribution in [0.5, 0.6) is 0 Å². The highest BCUT2D eigenvalue weighted by molar-refractivity contribution is 7.80. The molecule has 0 aliphatic rings. The van der Waals surface area contributed by atoms with E-state index >= 15 is 0 Å². The van der Waals surface area contributed by atoms with Gasteiger partial charge in [-0.15, -0.1) is 0 Å². The monoisotopic (exact) mass is 253 g/mol. The van der Waals surface area contributed by atoms with Gasteiger partial charge in [0.15, 0.2) is 0 Å². The van der Waals surface area contributed by atoms with E-state index in [1.165, 1.54) is 12.4 Å².